The Morgan fingerprint density at radius 1 is 1.04 bits per heavy atom. The maximum atomic E-state index is 5.59. The lowest BCUT2D eigenvalue weighted by molar-refractivity contribution is 0.324. The van der Waals surface area contributed by atoms with Crippen LogP contribution in [0.25, 0.3) is 0 Å². The van der Waals surface area contributed by atoms with Gasteiger partial charge in [0.05, 0.1) is 14.2 Å². The molecule has 0 aromatic heterocycles. The molecule has 25 heavy (non-hydrogen) atoms. The van der Waals surface area contributed by atoms with E-state index in [1.165, 1.54) is 36.2 Å². The van der Waals surface area contributed by atoms with Crippen molar-refractivity contribution in [3.05, 3.63) is 59.2 Å². The van der Waals surface area contributed by atoms with Crippen molar-refractivity contribution >= 4 is 0 Å². The van der Waals surface area contributed by atoms with E-state index in [0.29, 0.717) is 5.92 Å². The highest BCUT2D eigenvalue weighted by Gasteiger charge is 2.37. The van der Waals surface area contributed by atoms with Gasteiger partial charge in [0.2, 0.25) is 0 Å². The zero-order chi connectivity index (χ0) is 17.2. The Hall–Kier alpha value is -2.00. The minimum absolute atomic E-state index is 0.671. The van der Waals surface area contributed by atoms with Gasteiger partial charge in [-0.15, -0.1) is 0 Å². The molecule has 2 aliphatic rings. The van der Waals surface area contributed by atoms with Gasteiger partial charge in [0, 0.05) is 25.6 Å². The van der Waals surface area contributed by atoms with E-state index in [1.54, 1.807) is 14.2 Å². The number of fused-ring (bicyclic) bond motifs is 3. The molecule has 132 valence electrons. The van der Waals surface area contributed by atoms with Gasteiger partial charge in [-0.1, -0.05) is 24.3 Å². The molecule has 0 radical (unpaired) electrons. The van der Waals surface area contributed by atoms with Crippen LogP contribution >= 0.6 is 0 Å². The highest BCUT2D eigenvalue weighted by molar-refractivity contribution is 5.45. The van der Waals surface area contributed by atoms with Crippen molar-refractivity contribution < 1.29 is 9.47 Å². The summed E-state index contributed by atoms with van der Waals surface area (Å²) >= 11 is 0. The third kappa shape index (κ3) is 3.25. The molecule has 1 saturated heterocycles. The summed E-state index contributed by atoms with van der Waals surface area (Å²) in [5, 5.41) is 0. The molecule has 1 fully saturated rings. The van der Waals surface area contributed by atoms with Gasteiger partial charge in [-0.05, 0) is 60.1 Å². The van der Waals surface area contributed by atoms with E-state index in [2.05, 4.69) is 41.3 Å². The smallest absolute Gasteiger partial charge is 0.122 e. The van der Waals surface area contributed by atoms with Crippen molar-refractivity contribution in [1.29, 1.82) is 0 Å². The number of rotatable bonds is 5. The van der Waals surface area contributed by atoms with Crippen molar-refractivity contribution in [3.63, 3.8) is 0 Å². The van der Waals surface area contributed by atoms with E-state index >= 15 is 0 Å². The fourth-order valence-corrected chi connectivity index (χ4v) is 4.62. The molecule has 2 unspecified atom stereocenters. The molecule has 0 saturated carbocycles. The number of methoxy groups -OCH3 is 2. The molecule has 2 aromatic carbocycles. The van der Waals surface area contributed by atoms with Crippen LogP contribution in [-0.4, -0.2) is 38.8 Å². The molecule has 3 heteroatoms. The minimum atomic E-state index is 0.671. The predicted octanol–water partition coefficient (Wildman–Crippen LogP) is 3.91. The first-order valence-electron chi connectivity index (χ1n) is 9.29. The monoisotopic (exact) mass is 337 g/mol. The second-order valence-electron chi connectivity index (χ2n) is 7.29. The number of ether oxygens (including phenoxy) is 2. The maximum absolute atomic E-state index is 5.59. The van der Waals surface area contributed by atoms with Crippen molar-refractivity contribution in [1.82, 2.24) is 4.90 Å². The Bertz CT molecular complexity index is 743. The Labute approximate surface area is 150 Å². The lowest BCUT2D eigenvalue weighted by atomic mass is 9.77. The second-order valence-corrected chi connectivity index (χ2v) is 7.29. The Morgan fingerprint density at radius 3 is 2.76 bits per heavy atom. The van der Waals surface area contributed by atoms with E-state index in [0.717, 1.165) is 36.8 Å². The van der Waals surface area contributed by atoms with Crippen molar-refractivity contribution in [2.45, 2.75) is 25.2 Å². The molecule has 4 rings (SSSR count). The van der Waals surface area contributed by atoms with Crippen LogP contribution in [-0.2, 0) is 12.8 Å². The summed E-state index contributed by atoms with van der Waals surface area (Å²) in [6.07, 6.45) is 3.53. The fourth-order valence-electron chi connectivity index (χ4n) is 4.62. The molecule has 0 amide bonds. The van der Waals surface area contributed by atoms with Crippen LogP contribution < -0.4 is 9.47 Å². The molecular weight excluding hydrogens is 310 g/mol. The first-order chi connectivity index (χ1) is 12.3. The number of benzene rings is 2. The second kappa shape index (κ2) is 7.09. The van der Waals surface area contributed by atoms with Crippen molar-refractivity contribution in [3.8, 4) is 11.5 Å². The number of hydrogen-bond acceptors (Lipinski definition) is 3. The Kier molecular flexibility index (Phi) is 4.67. The zero-order valence-corrected chi connectivity index (χ0v) is 15.2. The van der Waals surface area contributed by atoms with Gasteiger partial charge >= 0.3 is 0 Å². The summed E-state index contributed by atoms with van der Waals surface area (Å²) < 4.78 is 10.9. The predicted molar refractivity (Wildman–Crippen MR) is 101 cm³/mol. The molecule has 2 aromatic rings. The van der Waals surface area contributed by atoms with Gasteiger partial charge < -0.3 is 14.4 Å². The SMILES string of the molecule is COc1cccc(CCN2CC3CCc4c(OC)cccc4C3C2)c1. The summed E-state index contributed by atoms with van der Waals surface area (Å²) in [4.78, 5) is 2.64. The van der Waals surface area contributed by atoms with Crippen LogP contribution in [0.5, 0.6) is 11.5 Å². The summed E-state index contributed by atoms with van der Waals surface area (Å²) in [5.41, 5.74) is 4.33. The molecule has 0 N–H and O–H groups in total. The van der Waals surface area contributed by atoms with Gasteiger partial charge in [-0.25, -0.2) is 0 Å². The third-order valence-corrected chi connectivity index (χ3v) is 5.92. The lowest BCUT2D eigenvalue weighted by Crippen LogP contribution is -2.23. The van der Waals surface area contributed by atoms with E-state index in [4.69, 9.17) is 9.47 Å². The molecule has 0 bridgehead atoms. The van der Waals surface area contributed by atoms with Crippen molar-refractivity contribution in [2.75, 3.05) is 33.9 Å². The van der Waals surface area contributed by atoms with Crippen LogP contribution in [0.15, 0.2) is 42.5 Å². The molecule has 1 aliphatic heterocycles. The van der Waals surface area contributed by atoms with Crippen LogP contribution in [0.1, 0.15) is 29.0 Å². The van der Waals surface area contributed by atoms with E-state index < -0.39 is 0 Å². The highest BCUT2D eigenvalue weighted by Crippen LogP contribution is 2.44. The maximum Gasteiger partial charge on any atom is 0.122 e. The van der Waals surface area contributed by atoms with E-state index in [-0.39, 0.29) is 0 Å². The van der Waals surface area contributed by atoms with Gasteiger partial charge in [-0.2, -0.15) is 0 Å². The molecular formula is C22H27NO2. The van der Waals surface area contributed by atoms with Gasteiger partial charge in [0.25, 0.3) is 0 Å². The van der Waals surface area contributed by atoms with Crippen LogP contribution in [0.2, 0.25) is 0 Å². The summed E-state index contributed by atoms with van der Waals surface area (Å²) in [6.45, 7) is 3.53. The van der Waals surface area contributed by atoms with Gasteiger partial charge in [0.1, 0.15) is 11.5 Å². The van der Waals surface area contributed by atoms with Gasteiger partial charge in [-0.3, -0.25) is 0 Å². The average molecular weight is 337 g/mol. The molecule has 1 heterocycles. The zero-order valence-electron chi connectivity index (χ0n) is 15.2. The highest BCUT2D eigenvalue weighted by atomic mass is 16.5. The first-order valence-corrected chi connectivity index (χ1v) is 9.29. The quantitative estimate of drug-likeness (QED) is 0.826. The number of likely N-dealkylation sites (tertiary alicyclic amines) is 1. The van der Waals surface area contributed by atoms with E-state index in [1.807, 2.05) is 6.07 Å². The van der Waals surface area contributed by atoms with Crippen LogP contribution in [0, 0.1) is 5.92 Å². The molecule has 0 spiro atoms. The van der Waals surface area contributed by atoms with Crippen LogP contribution in [0.4, 0.5) is 0 Å². The molecule has 3 nitrogen and oxygen atoms in total. The average Bonchev–Trinajstić information content (AvgIpc) is 3.09. The summed E-state index contributed by atoms with van der Waals surface area (Å²) in [7, 11) is 3.52. The summed E-state index contributed by atoms with van der Waals surface area (Å²) in [6, 6.07) is 15.0. The normalized spacial score (nSPS) is 22.3. The topological polar surface area (TPSA) is 21.7 Å². The van der Waals surface area contributed by atoms with E-state index in [9.17, 15) is 0 Å². The fraction of sp³-hybridized carbons (Fsp3) is 0.455. The molecule has 2 atom stereocenters. The lowest BCUT2D eigenvalue weighted by Gasteiger charge is -2.28. The largest absolute Gasteiger partial charge is 0.497 e. The molecule has 1 aliphatic carbocycles. The van der Waals surface area contributed by atoms with Gasteiger partial charge in [0.15, 0.2) is 0 Å². The third-order valence-electron chi connectivity index (χ3n) is 5.92. The Morgan fingerprint density at radius 2 is 1.92 bits per heavy atom. The summed E-state index contributed by atoms with van der Waals surface area (Å²) in [5.74, 6) is 3.49. The first kappa shape index (κ1) is 16.5. The standard InChI is InChI=1S/C22H27NO2/c1-24-18-6-3-5-16(13-18)11-12-23-14-17-9-10-20-19(21(17)15-23)7-4-8-22(20)25-2/h3-8,13,17,21H,9-12,14-15H2,1-2H3. The minimum Gasteiger partial charge on any atom is -0.497 e. The Balaban J connectivity index is 1.44. The van der Waals surface area contributed by atoms with Crippen LogP contribution in [0.3, 0.4) is 0 Å². The number of nitrogens with zero attached hydrogens (tertiary/aromatic N) is 1. The van der Waals surface area contributed by atoms with Crippen molar-refractivity contribution in [2.24, 2.45) is 5.92 Å². The number of hydrogen-bond donors (Lipinski definition) is 0.